The maximum Gasteiger partial charge on any atom is 0.255 e. The van der Waals surface area contributed by atoms with Gasteiger partial charge in [0.25, 0.3) is 5.91 Å². The first-order chi connectivity index (χ1) is 17.7. The molecule has 2 aliphatic heterocycles. The van der Waals surface area contributed by atoms with Crippen LogP contribution < -0.4 is 4.74 Å². The van der Waals surface area contributed by atoms with Crippen LogP contribution in [0.1, 0.15) is 53.6 Å². The van der Waals surface area contributed by atoms with Crippen molar-refractivity contribution in [2.75, 3.05) is 32.8 Å². The van der Waals surface area contributed by atoms with Crippen LogP contribution in [0.2, 0.25) is 0 Å². The Balaban J connectivity index is 1.32. The van der Waals surface area contributed by atoms with Crippen molar-refractivity contribution in [3.63, 3.8) is 0 Å². The van der Waals surface area contributed by atoms with Crippen molar-refractivity contribution < 1.29 is 9.53 Å². The van der Waals surface area contributed by atoms with Crippen LogP contribution in [0.5, 0.6) is 5.75 Å². The highest BCUT2D eigenvalue weighted by Crippen LogP contribution is 2.39. The average Bonchev–Trinajstić information content (AvgIpc) is 2.92. The average molecular weight is 484 g/mol. The van der Waals surface area contributed by atoms with Gasteiger partial charge in [-0.3, -0.25) is 14.7 Å². The minimum Gasteiger partial charge on any atom is -0.492 e. The number of aryl methyl sites for hydroxylation is 1. The summed E-state index contributed by atoms with van der Waals surface area (Å²) in [6.45, 7) is 5.17. The molecule has 1 amide bonds. The summed E-state index contributed by atoms with van der Waals surface area (Å²) in [5.41, 5.74) is 3.57. The Morgan fingerprint density at radius 1 is 0.889 bits per heavy atom. The lowest BCUT2D eigenvalue weighted by atomic mass is 9.73. The Kier molecular flexibility index (Phi) is 7.97. The van der Waals surface area contributed by atoms with Crippen LogP contribution in [-0.2, 0) is 13.0 Å². The summed E-state index contributed by atoms with van der Waals surface area (Å²) in [6, 6.07) is 23.0. The summed E-state index contributed by atoms with van der Waals surface area (Å²) >= 11 is 0. The van der Waals surface area contributed by atoms with Gasteiger partial charge >= 0.3 is 0 Å². The van der Waals surface area contributed by atoms with E-state index < -0.39 is 0 Å². The summed E-state index contributed by atoms with van der Waals surface area (Å²) in [5.74, 6) is 1.15. The maximum absolute atomic E-state index is 13.1. The van der Waals surface area contributed by atoms with Gasteiger partial charge in [-0.05, 0) is 66.8 Å². The first kappa shape index (κ1) is 24.5. The Morgan fingerprint density at radius 3 is 2.50 bits per heavy atom. The molecule has 0 radical (unpaired) electrons. The van der Waals surface area contributed by atoms with E-state index in [1.807, 2.05) is 17.0 Å². The molecular formula is C31H37N3O2. The van der Waals surface area contributed by atoms with Gasteiger partial charge in [0.1, 0.15) is 12.4 Å². The van der Waals surface area contributed by atoms with Crippen molar-refractivity contribution >= 4 is 5.91 Å². The number of piperidine rings is 1. The fourth-order valence-corrected chi connectivity index (χ4v) is 5.82. The van der Waals surface area contributed by atoms with Crippen LogP contribution in [-0.4, -0.2) is 53.5 Å². The molecule has 0 saturated carbocycles. The van der Waals surface area contributed by atoms with E-state index in [2.05, 4.69) is 64.5 Å². The lowest BCUT2D eigenvalue weighted by Crippen LogP contribution is -2.48. The number of fused-ring (bicyclic) bond motifs is 1. The van der Waals surface area contributed by atoms with Crippen LogP contribution in [0.15, 0.2) is 79.1 Å². The van der Waals surface area contributed by atoms with Gasteiger partial charge in [-0.1, -0.05) is 55.0 Å². The van der Waals surface area contributed by atoms with E-state index in [9.17, 15) is 4.79 Å². The van der Waals surface area contributed by atoms with Gasteiger partial charge in [0.15, 0.2) is 0 Å². The maximum atomic E-state index is 13.1. The zero-order valence-electron chi connectivity index (χ0n) is 21.1. The molecule has 0 bridgehead atoms. The Bertz CT molecular complexity index is 1110. The van der Waals surface area contributed by atoms with Crippen molar-refractivity contribution in [3.05, 3.63) is 95.8 Å². The number of nitrogens with zero attached hydrogens (tertiary/aromatic N) is 3. The van der Waals surface area contributed by atoms with E-state index in [-0.39, 0.29) is 11.3 Å². The van der Waals surface area contributed by atoms with Gasteiger partial charge in [0.2, 0.25) is 0 Å². The third kappa shape index (κ3) is 6.14. The van der Waals surface area contributed by atoms with Gasteiger partial charge in [-0.15, -0.1) is 0 Å². The number of para-hydroxylation sites is 1. The number of rotatable bonds is 3. The van der Waals surface area contributed by atoms with Crippen molar-refractivity contribution in [1.82, 2.24) is 14.8 Å². The number of ether oxygens (including phenoxy) is 1. The Hall–Kier alpha value is -3.18. The zero-order chi connectivity index (χ0) is 24.6. The summed E-state index contributed by atoms with van der Waals surface area (Å²) in [6.07, 6.45) is 10.1. The van der Waals surface area contributed by atoms with Crippen LogP contribution in [0.3, 0.4) is 0 Å². The predicted molar refractivity (Wildman–Crippen MR) is 143 cm³/mol. The van der Waals surface area contributed by atoms with Gasteiger partial charge < -0.3 is 9.64 Å². The van der Waals surface area contributed by atoms with Gasteiger partial charge in [0.05, 0.1) is 5.56 Å². The number of benzene rings is 2. The second kappa shape index (κ2) is 11.7. The molecule has 1 aromatic heterocycles. The SMILES string of the molecule is O=C(c1cccnc1)N1CCC2(CCCCc3ccccc3OCCN(Cc3ccccc3)C2)CC1. The molecule has 0 aliphatic carbocycles. The topological polar surface area (TPSA) is 45.7 Å². The molecule has 2 aromatic carbocycles. The number of carbonyl (C=O) groups is 1. The van der Waals surface area contributed by atoms with E-state index in [1.54, 1.807) is 12.4 Å². The van der Waals surface area contributed by atoms with Crippen LogP contribution in [0.25, 0.3) is 0 Å². The minimum atomic E-state index is 0.109. The van der Waals surface area contributed by atoms with Crippen molar-refractivity contribution in [2.24, 2.45) is 5.41 Å². The molecule has 36 heavy (non-hydrogen) atoms. The standard InChI is InChI=1S/C31H37N3O2/c35-30(28-13-8-18-32-23-28)34-19-16-31(17-20-34)15-7-6-12-27-11-4-5-14-29(27)36-22-21-33(25-31)24-26-9-2-1-3-10-26/h1-5,8-11,13-14,18,23H,6-7,12,15-17,19-22,24-25H2. The summed E-state index contributed by atoms with van der Waals surface area (Å²) < 4.78 is 6.30. The molecule has 5 nitrogen and oxygen atoms in total. The predicted octanol–water partition coefficient (Wildman–Crippen LogP) is 5.61. The lowest BCUT2D eigenvalue weighted by molar-refractivity contribution is 0.0361. The summed E-state index contributed by atoms with van der Waals surface area (Å²) in [5, 5.41) is 0. The monoisotopic (exact) mass is 483 g/mol. The minimum absolute atomic E-state index is 0.109. The molecule has 5 heteroatoms. The van der Waals surface area contributed by atoms with Crippen molar-refractivity contribution in [2.45, 2.75) is 45.1 Å². The molecule has 1 saturated heterocycles. The van der Waals surface area contributed by atoms with E-state index in [0.29, 0.717) is 12.2 Å². The van der Waals surface area contributed by atoms with Gasteiger partial charge in [-0.25, -0.2) is 0 Å². The molecule has 1 fully saturated rings. The number of hydrogen-bond donors (Lipinski definition) is 0. The number of pyridine rings is 1. The third-order valence-corrected chi connectivity index (χ3v) is 7.87. The number of carbonyl (C=O) groups excluding carboxylic acids is 1. The molecule has 0 N–H and O–H groups in total. The van der Waals surface area contributed by atoms with Crippen LogP contribution in [0, 0.1) is 5.41 Å². The number of aromatic nitrogens is 1. The Labute approximate surface area is 215 Å². The molecule has 5 rings (SSSR count). The molecule has 2 aliphatic rings. The molecule has 188 valence electrons. The number of likely N-dealkylation sites (tertiary alicyclic amines) is 1. The summed E-state index contributed by atoms with van der Waals surface area (Å²) in [7, 11) is 0. The van der Waals surface area contributed by atoms with Crippen LogP contribution in [0.4, 0.5) is 0 Å². The number of hydrogen-bond acceptors (Lipinski definition) is 4. The second-order valence-corrected chi connectivity index (χ2v) is 10.4. The van der Waals surface area contributed by atoms with E-state index in [4.69, 9.17) is 4.74 Å². The first-order valence-corrected chi connectivity index (χ1v) is 13.4. The van der Waals surface area contributed by atoms with E-state index in [1.165, 1.54) is 30.4 Å². The number of amides is 1. The fourth-order valence-electron chi connectivity index (χ4n) is 5.82. The molecule has 3 aromatic rings. The smallest absolute Gasteiger partial charge is 0.255 e. The highest BCUT2D eigenvalue weighted by atomic mass is 16.5. The second-order valence-electron chi connectivity index (χ2n) is 10.4. The van der Waals surface area contributed by atoms with Gasteiger partial charge in [-0.2, -0.15) is 0 Å². The Morgan fingerprint density at radius 2 is 1.69 bits per heavy atom. The molecule has 0 unspecified atom stereocenters. The highest BCUT2D eigenvalue weighted by Gasteiger charge is 2.37. The molecule has 3 heterocycles. The normalized spacial score (nSPS) is 18.9. The van der Waals surface area contributed by atoms with E-state index in [0.717, 1.165) is 57.7 Å². The quantitative estimate of drug-likeness (QED) is 0.486. The molecular weight excluding hydrogens is 446 g/mol. The molecule has 0 atom stereocenters. The first-order valence-electron chi connectivity index (χ1n) is 13.4. The molecule has 1 spiro atoms. The van der Waals surface area contributed by atoms with Crippen molar-refractivity contribution in [1.29, 1.82) is 0 Å². The zero-order valence-corrected chi connectivity index (χ0v) is 21.1. The summed E-state index contributed by atoms with van der Waals surface area (Å²) in [4.78, 5) is 21.8. The van der Waals surface area contributed by atoms with Crippen LogP contribution >= 0.6 is 0 Å². The third-order valence-electron chi connectivity index (χ3n) is 7.87. The lowest BCUT2D eigenvalue weighted by Gasteiger charge is -2.45. The highest BCUT2D eigenvalue weighted by molar-refractivity contribution is 5.93. The van der Waals surface area contributed by atoms with E-state index >= 15 is 0 Å². The van der Waals surface area contributed by atoms with Crippen molar-refractivity contribution in [3.8, 4) is 5.75 Å². The largest absolute Gasteiger partial charge is 0.492 e. The van der Waals surface area contributed by atoms with Gasteiger partial charge in [0, 0.05) is 45.1 Å². The fraction of sp³-hybridized carbons (Fsp3) is 0.419.